The van der Waals surface area contributed by atoms with Crippen LogP contribution in [0.4, 0.5) is 22.7 Å². The molecule has 8 saturated heterocycles. The molecule has 4 saturated carbocycles. The summed E-state index contributed by atoms with van der Waals surface area (Å²) >= 11 is 0. The number of carbonyl (C=O) groups excluding carboxylic acids is 2. The summed E-state index contributed by atoms with van der Waals surface area (Å²) in [6.07, 6.45) is 64.6. The number of carbonyl (C=O) groups is 2. The van der Waals surface area contributed by atoms with Crippen molar-refractivity contribution in [1.29, 1.82) is 0 Å². The van der Waals surface area contributed by atoms with E-state index < -0.39 is 23.1 Å². The third-order valence-electron chi connectivity index (χ3n) is 29.8. The Morgan fingerprint density at radius 3 is 0.797 bits per heavy atom. The lowest BCUT2D eigenvalue weighted by molar-refractivity contribution is -0.167. The molecule has 6 aromatic rings. The van der Waals surface area contributed by atoms with Gasteiger partial charge in [0.15, 0.2) is 0 Å². The number of fused-ring (bicyclic) bond motifs is 10. The van der Waals surface area contributed by atoms with E-state index in [2.05, 4.69) is 73.9 Å². The minimum absolute atomic E-state index is 0. The average molecular weight is 1700 g/mol. The molecular formula is C103H166N12O8. The maximum absolute atomic E-state index is 12.9. The van der Waals surface area contributed by atoms with Crippen LogP contribution in [0.5, 0.6) is 0 Å². The van der Waals surface area contributed by atoms with Gasteiger partial charge in [-0.15, -0.1) is 0 Å². The number of nitrogens with zero attached hydrogens (tertiary/aromatic N) is 6. The number of nitrogens with one attached hydrogen (secondary N) is 4. The van der Waals surface area contributed by atoms with Crippen LogP contribution in [0.25, 0.3) is 22.1 Å². The maximum Gasteiger partial charge on any atom is 0.417 e. The van der Waals surface area contributed by atoms with Crippen molar-refractivity contribution in [1.82, 2.24) is 38.7 Å². The molecule has 123 heavy (non-hydrogen) atoms. The molecule has 4 aliphatic carbocycles. The summed E-state index contributed by atoms with van der Waals surface area (Å²) in [6.45, 7) is 3.63. The molecule has 8 N–H and O–H groups in total. The standard InChI is InChI=1S/2C24H33N3O2.2C22H35N3.C6H10O4.5CH4/c2*28-23-24(29)27(22-14-7-6-13-21(22)25-23)20-15-18-11-8-12-19(16-20)26(18)17-9-4-2-1-3-5-10-17;2*23-21-13-6-7-14-22(21)24-17-15-19-11-8-12-20(16-17)25(19)18-9-4-2-1-3-5-10-18;1-3-9-5(7)6(8)10-4-2;;;;;/h2*6-7,13-14,17-20H,1-5,8-12,15-16H2,(H,25,28);2*6-7,13-14,17-20,24H,1-5,8-12,15-16,23H2;3-4H2,1-2H3;5*1H4/t2*18-,19+,20?;2*17?,19-,20+;;;;;;. The molecule has 20 nitrogen and oxygen atoms in total. The highest BCUT2D eigenvalue weighted by Crippen LogP contribution is 2.47. The van der Waals surface area contributed by atoms with Gasteiger partial charge in [-0.3, -0.25) is 47.9 Å². The lowest BCUT2D eigenvalue weighted by Crippen LogP contribution is -2.58. The van der Waals surface area contributed by atoms with Crippen molar-refractivity contribution in [3.8, 4) is 0 Å². The van der Waals surface area contributed by atoms with Crippen molar-refractivity contribution in [2.24, 2.45) is 0 Å². The van der Waals surface area contributed by atoms with E-state index in [1.165, 1.54) is 283 Å². The zero-order chi connectivity index (χ0) is 81.7. The van der Waals surface area contributed by atoms with Crippen LogP contribution in [-0.2, 0) is 19.1 Å². The topological polar surface area (TPSA) is 251 Å². The van der Waals surface area contributed by atoms with E-state index in [0.29, 0.717) is 36.3 Å². The summed E-state index contributed by atoms with van der Waals surface area (Å²) in [7, 11) is 0. The van der Waals surface area contributed by atoms with Gasteiger partial charge in [0.25, 0.3) is 0 Å². The number of ether oxygens (including phenoxy) is 2. The third kappa shape index (κ3) is 25.6. The fraction of sp³-hybridized carbons (Fsp3) is 0.709. The van der Waals surface area contributed by atoms with Crippen LogP contribution in [0.1, 0.15) is 371 Å². The number of hydrogen-bond donors (Lipinski definition) is 6. The number of rotatable bonds is 12. The summed E-state index contributed by atoms with van der Waals surface area (Å²) in [5.74, 6) is -1.85. The Kier molecular flexibility index (Phi) is 40.2. The van der Waals surface area contributed by atoms with Crippen molar-refractivity contribution in [3.63, 3.8) is 0 Å². The Hall–Kier alpha value is -7.26. The molecule has 686 valence electrons. The minimum atomic E-state index is -0.927. The number of nitrogens with two attached hydrogens (primary N) is 2. The maximum atomic E-state index is 12.9. The molecule has 8 aliphatic heterocycles. The summed E-state index contributed by atoms with van der Waals surface area (Å²) < 4.78 is 12.3. The van der Waals surface area contributed by atoms with Gasteiger partial charge in [0.1, 0.15) is 0 Å². The zero-order valence-electron chi connectivity index (χ0n) is 71.9. The van der Waals surface area contributed by atoms with Gasteiger partial charge in [0.2, 0.25) is 0 Å². The SMILES string of the molecule is C.C.C.C.C.CCOC(=O)C(=O)OCC.Nc1ccccc1NC1C[C@H]2CCC[C@@H](C1)N2C1CCCCCCC1.Nc1ccccc1NC1C[C@H]2CCC[C@@H](C1)N2C1CCCCCCC1.O=c1[nH]c2ccccc2n(C2C[C@H]3CCC[C@@H](C2)N3C2CCCCCCC2)c1=O.O=c1[nH]c2ccccc2n(C2C[C@H]3CCC[C@@H](C2)N3C2CCCCCCC2)c1=O. The number of H-pyrrole nitrogens is 2. The first-order chi connectivity index (χ1) is 57.8. The predicted molar refractivity (Wildman–Crippen MR) is 514 cm³/mol. The van der Waals surface area contributed by atoms with E-state index in [-0.39, 0.29) is 73.5 Å². The quantitative estimate of drug-likeness (QED) is 0.0378. The Morgan fingerprint density at radius 1 is 0.309 bits per heavy atom. The molecule has 18 rings (SSSR count). The Labute approximate surface area is 740 Å². The van der Waals surface area contributed by atoms with Crippen molar-refractivity contribution in [2.45, 2.75) is 456 Å². The highest BCUT2D eigenvalue weighted by Gasteiger charge is 2.47. The number of benzene rings is 4. The fourth-order valence-electron chi connectivity index (χ4n) is 24.8. The van der Waals surface area contributed by atoms with Gasteiger partial charge in [-0.1, -0.05) is 240 Å². The molecule has 10 heterocycles. The first-order valence-corrected chi connectivity index (χ1v) is 47.9. The van der Waals surface area contributed by atoms with Crippen molar-refractivity contribution in [3.05, 3.63) is 138 Å². The highest BCUT2D eigenvalue weighted by atomic mass is 16.6. The predicted octanol–water partition coefficient (Wildman–Crippen LogP) is 22.4. The van der Waals surface area contributed by atoms with Gasteiger partial charge in [0, 0.05) is 96.7 Å². The summed E-state index contributed by atoms with van der Waals surface area (Å²) in [6, 6.07) is 42.0. The Bertz CT molecular complexity index is 4040. The smallest absolute Gasteiger partial charge is 0.417 e. The Balaban J connectivity index is 0.000000177. The first kappa shape index (κ1) is 99.5. The Morgan fingerprint density at radius 2 is 0.537 bits per heavy atom. The fourth-order valence-corrected chi connectivity index (χ4v) is 24.8. The van der Waals surface area contributed by atoms with Crippen LogP contribution in [-0.4, -0.2) is 148 Å². The van der Waals surface area contributed by atoms with Gasteiger partial charge >= 0.3 is 34.2 Å². The molecule has 12 aliphatic rings. The molecule has 20 heteroatoms. The molecule has 8 bridgehead atoms. The molecular weight excluding hydrogens is 1530 g/mol. The normalized spacial score (nSPS) is 27.6. The first-order valence-electron chi connectivity index (χ1n) is 47.9. The molecule has 4 unspecified atom stereocenters. The molecule has 0 spiro atoms. The number of nitrogen functional groups attached to an aromatic ring is 2. The van der Waals surface area contributed by atoms with E-state index in [1.807, 2.05) is 81.9 Å². The molecule has 4 aromatic carbocycles. The van der Waals surface area contributed by atoms with Crippen LogP contribution in [0.3, 0.4) is 0 Å². The number of hydrogen-bond acceptors (Lipinski definition) is 16. The number of aromatic amines is 2. The summed E-state index contributed by atoms with van der Waals surface area (Å²) in [4.78, 5) is 88.5. The van der Waals surface area contributed by atoms with Crippen LogP contribution >= 0.6 is 0 Å². The van der Waals surface area contributed by atoms with E-state index in [1.54, 1.807) is 13.8 Å². The van der Waals surface area contributed by atoms with E-state index in [4.69, 9.17) is 11.5 Å². The second kappa shape index (κ2) is 49.7. The number of para-hydroxylation sites is 8. The van der Waals surface area contributed by atoms with Gasteiger partial charge in [-0.05, 0) is 216 Å². The van der Waals surface area contributed by atoms with Gasteiger partial charge in [0.05, 0.1) is 58.0 Å². The minimum Gasteiger partial charge on any atom is -0.458 e. The number of anilines is 4. The van der Waals surface area contributed by atoms with Crippen LogP contribution in [0, 0.1) is 0 Å². The monoisotopic (exact) mass is 1700 g/mol. The van der Waals surface area contributed by atoms with Crippen molar-refractivity contribution in [2.75, 3.05) is 35.3 Å². The lowest BCUT2D eigenvalue weighted by Gasteiger charge is -2.53. The van der Waals surface area contributed by atoms with Crippen LogP contribution in [0.15, 0.2) is 116 Å². The highest BCUT2D eigenvalue weighted by molar-refractivity contribution is 6.29. The van der Waals surface area contributed by atoms with Gasteiger partial charge in [-0.25, -0.2) is 9.59 Å². The number of aromatic nitrogens is 4. The number of esters is 2. The second-order valence-corrected chi connectivity index (χ2v) is 37.5. The van der Waals surface area contributed by atoms with E-state index in [0.717, 1.165) is 119 Å². The number of piperidine rings is 8. The molecule has 0 amide bonds. The van der Waals surface area contributed by atoms with Gasteiger partial charge < -0.3 is 41.5 Å². The molecule has 12 fully saturated rings. The van der Waals surface area contributed by atoms with Crippen LogP contribution < -0.4 is 44.3 Å². The van der Waals surface area contributed by atoms with Gasteiger partial charge in [-0.2, -0.15) is 0 Å². The molecule has 12 atom stereocenters. The summed E-state index contributed by atoms with van der Waals surface area (Å²) in [5, 5.41) is 7.54. The third-order valence-corrected chi connectivity index (χ3v) is 29.8. The lowest BCUT2D eigenvalue weighted by atomic mass is 9.79. The van der Waals surface area contributed by atoms with E-state index >= 15 is 0 Å². The molecule has 0 radical (unpaired) electrons. The van der Waals surface area contributed by atoms with Crippen molar-refractivity contribution < 1.29 is 19.1 Å². The van der Waals surface area contributed by atoms with Crippen LogP contribution in [0.2, 0.25) is 0 Å². The van der Waals surface area contributed by atoms with E-state index in [9.17, 15) is 28.8 Å². The van der Waals surface area contributed by atoms with Crippen molar-refractivity contribution >= 4 is 56.8 Å². The molecule has 2 aromatic heterocycles. The zero-order valence-corrected chi connectivity index (χ0v) is 71.9. The second-order valence-electron chi connectivity index (χ2n) is 37.5. The summed E-state index contributed by atoms with van der Waals surface area (Å²) in [5.41, 5.74) is 17.9. The average Bonchev–Trinajstić information content (AvgIpc) is 0.753. The largest absolute Gasteiger partial charge is 0.458 e.